The molecule has 3 aromatic carbocycles. The molecule has 0 spiro atoms. The minimum Gasteiger partial charge on any atom is -0.465 e. The predicted octanol–water partition coefficient (Wildman–Crippen LogP) is 4.04. The number of benzene rings is 3. The molecule has 0 aliphatic carbocycles. The molecule has 0 bridgehead atoms. The SMILES string of the molecule is CC#Cc1cccc(N2C(=O)c3ccccc3C2(O)c2ccc3[nH]c(N(C)C(=O)O)nc3c2)c1F. The highest BCUT2D eigenvalue weighted by atomic mass is 19.1. The Morgan fingerprint density at radius 3 is 2.69 bits per heavy atom. The summed E-state index contributed by atoms with van der Waals surface area (Å²) in [6.45, 7) is 1.58. The summed E-state index contributed by atoms with van der Waals surface area (Å²) in [6, 6.07) is 15.8. The lowest BCUT2D eigenvalue weighted by Crippen LogP contribution is -2.45. The second-order valence-electron chi connectivity index (χ2n) is 8.01. The molecule has 0 saturated heterocycles. The van der Waals surface area contributed by atoms with E-state index in [1.807, 2.05) is 0 Å². The molecule has 5 rings (SSSR count). The standard InChI is InChI=1S/C26H19FN4O4/c1-3-7-15-8-6-11-21(22(15)27)31-23(32)17-9-4-5-10-18(17)26(31,35)16-12-13-19-20(14-16)29-24(28-19)30(2)25(33)34/h4-6,8-14,35H,1-2H3,(H,28,29)(H,33,34). The van der Waals surface area contributed by atoms with Crippen LogP contribution in [-0.2, 0) is 5.72 Å². The first-order valence-electron chi connectivity index (χ1n) is 10.6. The first-order valence-corrected chi connectivity index (χ1v) is 10.6. The van der Waals surface area contributed by atoms with E-state index >= 15 is 4.39 Å². The van der Waals surface area contributed by atoms with E-state index in [0.29, 0.717) is 11.0 Å². The maximum Gasteiger partial charge on any atom is 0.413 e. The van der Waals surface area contributed by atoms with Gasteiger partial charge in [0.2, 0.25) is 5.95 Å². The number of carboxylic acid groups (broad SMARTS) is 1. The molecule has 1 unspecified atom stereocenters. The molecule has 174 valence electrons. The third-order valence-electron chi connectivity index (χ3n) is 6.02. The molecule has 1 atom stereocenters. The van der Waals surface area contributed by atoms with E-state index in [2.05, 4.69) is 21.8 Å². The van der Waals surface area contributed by atoms with Crippen molar-refractivity contribution in [1.29, 1.82) is 0 Å². The van der Waals surface area contributed by atoms with Crippen molar-refractivity contribution in [3.63, 3.8) is 0 Å². The second kappa shape index (κ2) is 7.97. The Bertz CT molecular complexity index is 1590. The number of aliphatic hydroxyl groups is 1. The number of H-pyrrole nitrogens is 1. The molecule has 35 heavy (non-hydrogen) atoms. The molecular formula is C26H19FN4O4. The first kappa shape index (κ1) is 22.1. The van der Waals surface area contributed by atoms with E-state index in [1.165, 1.54) is 19.2 Å². The smallest absolute Gasteiger partial charge is 0.413 e. The number of nitrogens with zero attached hydrogens (tertiary/aromatic N) is 3. The van der Waals surface area contributed by atoms with Crippen LogP contribution in [0, 0.1) is 17.7 Å². The van der Waals surface area contributed by atoms with Crippen LogP contribution in [0.2, 0.25) is 0 Å². The van der Waals surface area contributed by atoms with E-state index in [0.717, 1.165) is 9.80 Å². The Balaban J connectivity index is 1.74. The van der Waals surface area contributed by atoms with Crippen molar-refractivity contribution >= 4 is 34.7 Å². The number of anilines is 2. The average molecular weight is 470 g/mol. The third kappa shape index (κ3) is 3.23. The van der Waals surface area contributed by atoms with Crippen LogP contribution >= 0.6 is 0 Å². The highest BCUT2D eigenvalue weighted by Gasteiger charge is 2.51. The molecule has 2 amide bonds. The number of nitrogens with one attached hydrogen (secondary N) is 1. The Labute approximate surface area is 199 Å². The number of hydrogen-bond acceptors (Lipinski definition) is 4. The van der Waals surface area contributed by atoms with Crippen LogP contribution in [0.3, 0.4) is 0 Å². The van der Waals surface area contributed by atoms with Gasteiger partial charge in [-0.05, 0) is 37.3 Å². The van der Waals surface area contributed by atoms with Gasteiger partial charge in [0.05, 0.1) is 22.3 Å². The lowest BCUT2D eigenvalue weighted by atomic mass is 9.93. The summed E-state index contributed by atoms with van der Waals surface area (Å²) in [7, 11) is 1.34. The van der Waals surface area contributed by atoms with Crippen LogP contribution in [0.15, 0.2) is 60.7 Å². The fraction of sp³-hybridized carbons (Fsp3) is 0.115. The van der Waals surface area contributed by atoms with Crippen molar-refractivity contribution in [3.8, 4) is 11.8 Å². The second-order valence-corrected chi connectivity index (χ2v) is 8.01. The van der Waals surface area contributed by atoms with E-state index < -0.39 is 23.5 Å². The minimum absolute atomic E-state index is 0.0910. The number of amides is 2. The molecule has 1 aliphatic heterocycles. The summed E-state index contributed by atoms with van der Waals surface area (Å²) in [5.74, 6) is 4.12. The van der Waals surface area contributed by atoms with Gasteiger partial charge in [-0.1, -0.05) is 36.3 Å². The number of rotatable bonds is 3. The molecular weight excluding hydrogens is 451 g/mol. The van der Waals surface area contributed by atoms with Crippen LogP contribution in [0.4, 0.5) is 20.8 Å². The fourth-order valence-electron chi connectivity index (χ4n) is 4.31. The fourth-order valence-corrected chi connectivity index (χ4v) is 4.31. The van der Waals surface area contributed by atoms with Gasteiger partial charge in [-0.3, -0.25) is 14.6 Å². The minimum atomic E-state index is -2.06. The van der Waals surface area contributed by atoms with Crippen LogP contribution in [-0.4, -0.2) is 39.2 Å². The maximum atomic E-state index is 15.5. The largest absolute Gasteiger partial charge is 0.465 e. The van der Waals surface area contributed by atoms with Crippen molar-refractivity contribution in [3.05, 3.63) is 88.7 Å². The van der Waals surface area contributed by atoms with E-state index in [1.54, 1.807) is 55.5 Å². The summed E-state index contributed by atoms with van der Waals surface area (Å²) in [5, 5.41) is 21.4. The lowest BCUT2D eigenvalue weighted by Gasteiger charge is -2.35. The molecule has 0 fully saturated rings. The van der Waals surface area contributed by atoms with Gasteiger partial charge in [0, 0.05) is 23.7 Å². The molecule has 8 nitrogen and oxygen atoms in total. The number of fused-ring (bicyclic) bond motifs is 2. The predicted molar refractivity (Wildman–Crippen MR) is 128 cm³/mol. The van der Waals surface area contributed by atoms with E-state index in [4.69, 9.17) is 0 Å². The monoisotopic (exact) mass is 470 g/mol. The lowest BCUT2D eigenvalue weighted by molar-refractivity contribution is 0.0699. The van der Waals surface area contributed by atoms with Crippen molar-refractivity contribution in [2.45, 2.75) is 12.6 Å². The quantitative estimate of drug-likeness (QED) is 0.392. The third-order valence-corrected chi connectivity index (χ3v) is 6.02. The Kier molecular flexibility index (Phi) is 5.04. The number of carbonyl (C=O) groups is 2. The number of imidazole rings is 1. The molecule has 1 aromatic heterocycles. The van der Waals surface area contributed by atoms with Gasteiger partial charge >= 0.3 is 6.09 Å². The number of carbonyl (C=O) groups excluding carboxylic acids is 1. The zero-order chi connectivity index (χ0) is 24.9. The number of aromatic amines is 1. The summed E-state index contributed by atoms with van der Waals surface area (Å²) >= 11 is 0. The molecule has 1 aliphatic rings. The van der Waals surface area contributed by atoms with Gasteiger partial charge in [-0.15, -0.1) is 5.92 Å². The molecule has 2 heterocycles. The van der Waals surface area contributed by atoms with Crippen LogP contribution in [0.5, 0.6) is 0 Å². The highest BCUT2D eigenvalue weighted by Crippen LogP contribution is 2.46. The van der Waals surface area contributed by atoms with Crippen LogP contribution in [0.25, 0.3) is 11.0 Å². The van der Waals surface area contributed by atoms with Gasteiger partial charge in [-0.25, -0.2) is 14.2 Å². The maximum absolute atomic E-state index is 15.5. The molecule has 0 radical (unpaired) electrons. The van der Waals surface area contributed by atoms with Gasteiger partial charge in [0.25, 0.3) is 5.91 Å². The average Bonchev–Trinajstić information content (AvgIpc) is 3.38. The summed E-state index contributed by atoms with van der Waals surface area (Å²) in [4.78, 5) is 34.0. The van der Waals surface area contributed by atoms with Gasteiger partial charge in [0.1, 0.15) is 0 Å². The topological polar surface area (TPSA) is 110 Å². The van der Waals surface area contributed by atoms with Crippen molar-refractivity contribution in [2.24, 2.45) is 0 Å². The zero-order valence-electron chi connectivity index (χ0n) is 18.7. The van der Waals surface area contributed by atoms with Gasteiger partial charge in [0.15, 0.2) is 11.5 Å². The number of aromatic nitrogens is 2. The summed E-state index contributed by atoms with van der Waals surface area (Å²) < 4.78 is 15.5. The normalized spacial score (nSPS) is 16.7. The van der Waals surface area contributed by atoms with Crippen molar-refractivity contribution in [1.82, 2.24) is 9.97 Å². The van der Waals surface area contributed by atoms with E-state index in [9.17, 15) is 19.8 Å². The molecule has 0 saturated carbocycles. The molecule has 9 heteroatoms. The van der Waals surface area contributed by atoms with Crippen molar-refractivity contribution < 1.29 is 24.2 Å². The summed E-state index contributed by atoms with van der Waals surface area (Å²) in [6.07, 6.45) is -1.20. The van der Waals surface area contributed by atoms with Gasteiger partial charge < -0.3 is 15.2 Å². The van der Waals surface area contributed by atoms with Gasteiger partial charge in [-0.2, -0.15) is 0 Å². The molecule has 4 aromatic rings. The van der Waals surface area contributed by atoms with Crippen molar-refractivity contribution in [2.75, 3.05) is 16.8 Å². The van der Waals surface area contributed by atoms with E-state index in [-0.39, 0.29) is 33.9 Å². The number of halogens is 1. The molecule has 3 N–H and O–H groups in total. The summed E-state index contributed by atoms with van der Waals surface area (Å²) in [5.41, 5.74) is -0.422. The number of hydrogen-bond donors (Lipinski definition) is 3. The Hall–Kier alpha value is -4.68. The Morgan fingerprint density at radius 2 is 1.94 bits per heavy atom. The highest BCUT2D eigenvalue weighted by molar-refractivity contribution is 6.12. The Morgan fingerprint density at radius 1 is 1.17 bits per heavy atom. The van der Waals surface area contributed by atoms with Crippen LogP contribution in [0.1, 0.15) is 34.0 Å². The van der Waals surface area contributed by atoms with Crippen LogP contribution < -0.4 is 9.80 Å². The zero-order valence-corrected chi connectivity index (χ0v) is 18.7. The first-order chi connectivity index (χ1) is 16.8.